The van der Waals surface area contributed by atoms with Crippen molar-refractivity contribution in [3.63, 3.8) is 0 Å². The number of benzene rings is 1. The molecule has 2 heterocycles. The molecule has 0 bridgehead atoms. The third kappa shape index (κ3) is 2.05. The Morgan fingerprint density at radius 3 is 2.89 bits per heavy atom. The quantitative estimate of drug-likeness (QED) is 0.723. The molecule has 2 aromatic heterocycles. The van der Waals surface area contributed by atoms with E-state index in [1.807, 2.05) is 36.0 Å². The van der Waals surface area contributed by atoms with Crippen molar-refractivity contribution in [2.75, 3.05) is 12.4 Å². The fraction of sp³-hybridized carbons (Fsp3) is 0.0769. The third-order valence-electron chi connectivity index (χ3n) is 2.70. The molecule has 0 saturated carbocycles. The highest BCUT2D eigenvalue weighted by Crippen LogP contribution is 2.21. The maximum atomic E-state index is 4.54. The zero-order valence-electron chi connectivity index (χ0n) is 9.76. The lowest BCUT2D eigenvalue weighted by Crippen LogP contribution is -1.94. The van der Waals surface area contributed by atoms with Gasteiger partial charge in [-0.15, -0.1) is 0 Å². The Hall–Kier alpha value is -1.63. The Balaban J connectivity index is 2.13. The number of nitrogens with zero attached hydrogens (tertiary/aromatic N) is 3. The second-order valence-corrected chi connectivity index (χ2v) is 5.15. The van der Waals surface area contributed by atoms with Gasteiger partial charge in [-0.2, -0.15) is 4.98 Å². The van der Waals surface area contributed by atoms with Gasteiger partial charge in [-0.05, 0) is 40.8 Å². The summed E-state index contributed by atoms with van der Waals surface area (Å²) in [5.74, 6) is 1.53. The molecule has 4 nitrogen and oxygen atoms in total. The number of nitrogens with one attached hydrogen (secondary N) is 1. The first-order valence-corrected chi connectivity index (χ1v) is 6.63. The molecule has 3 rings (SSSR count). The van der Waals surface area contributed by atoms with E-state index in [1.54, 1.807) is 0 Å². The van der Waals surface area contributed by atoms with Crippen molar-refractivity contribution < 1.29 is 0 Å². The van der Waals surface area contributed by atoms with Gasteiger partial charge in [0, 0.05) is 28.6 Å². The van der Waals surface area contributed by atoms with Crippen molar-refractivity contribution in [2.45, 2.75) is 0 Å². The van der Waals surface area contributed by atoms with E-state index < -0.39 is 0 Å². The van der Waals surface area contributed by atoms with Crippen LogP contribution in [0.2, 0.25) is 0 Å². The minimum Gasteiger partial charge on any atom is -0.373 e. The first-order valence-electron chi connectivity index (χ1n) is 5.56. The minimum atomic E-state index is 0.704. The number of hydrogen-bond donors (Lipinski definition) is 1. The summed E-state index contributed by atoms with van der Waals surface area (Å²) in [6.07, 6.45) is 3.95. The molecule has 0 saturated heterocycles. The van der Waals surface area contributed by atoms with Gasteiger partial charge < -0.3 is 5.32 Å². The van der Waals surface area contributed by atoms with Crippen molar-refractivity contribution in [3.05, 3.63) is 46.3 Å². The molecule has 5 heteroatoms. The number of rotatable bonds is 2. The predicted molar refractivity (Wildman–Crippen MR) is 80.7 cm³/mol. The van der Waals surface area contributed by atoms with Crippen molar-refractivity contribution in [3.8, 4) is 11.3 Å². The van der Waals surface area contributed by atoms with Crippen LogP contribution in [0.4, 0.5) is 5.82 Å². The summed E-state index contributed by atoms with van der Waals surface area (Å²) in [6, 6.07) is 10.2. The number of aromatic nitrogens is 3. The summed E-state index contributed by atoms with van der Waals surface area (Å²) in [5, 5.41) is 3.01. The van der Waals surface area contributed by atoms with Crippen LogP contribution < -0.4 is 5.32 Å². The first kappa shape index (κ1) is 11.5. The van der Waals surface area contributed by atoms with Crippen LogP contribution in [0.3, 0.4) is 0 Å². The fourth-order valence-corrected chi connectivity index (χ4v) is 2.34. The van der Waals surface area contributed by atoms with Gasteiger partial charge in [0.1, 0.15) is 5.82 Å². The van der Waals surface area contributed by atoms with E-state index in [-0.39, 0.29) is 0 Å². The molecule has 0 amide bonds. The van der Waals surface area contributed by atoms with Crippen molar-refractivity contribution >= 4 is 34.2 Å². The minimum absolute atomic E-state index is 0.704. The summed E-state index contributed by atoms with van der Waals surface area (Å²) in [5.41, 5.74) is 2.05. The highest BCUT2D eigenvalue weighted by molar-refractivity contribution is 14.1. The van der Waals surface area contributed by atoms with Gasteiger partial charge in [0.2, 0.25) is 5.78 Å². The van der Waals surface area contributed by atoms with E-state index in [4.69, 9.17) is 0 Å². The Labute approximate surface area is 118 Å². The van der Waals surface area contributed by atoms with E-state index in [0.29, 0.717) is 5.78 Å². The molecule has 0 aliphatic heterocycles. The van der Waals surface area contributed by atoms with Crippen LogP contribution in [0.15, 0.2) is 42.7 Å². The smallest absolute Gasteiger partial charge is 0.236 e. The van der Waals surface area contributed by atoms with Crippen LogP contribution in [0.25, 0.3) is 17.0 Å². The van der Waals surface area contributed by atoms with Crippen molar-refractivity contribution in [2.24, 2.45) is 0 Å². The summed E-state index contributed by atoms with van der Waals surface area (Å²) in [7, 11) is 1.85. The molecule has 18 heavy (non-hydrogen) atoms. The molecule has 1 aromatic carbocycles. The predicted octanol–water partition coefficient (Wildman–Crippen LogP) is 3.04. The van der Waals surface area contributed by atoms with Crippen LogP contribution >= 0.6 is 22.6 Å². The topological polar surface area (TPSA) is 42.2 Å². The van der Waals surface area contributed by atoms with E-state index in [0.717, 1.165) is 17.1 Å². The molecule has 0 aliphatic carbocycles. The molecule has 0 unspecified atom stereocenters. The lowest BCUT2D eigenvalue weighted by atomic mass is 10.2. The SMILES string of the molecule is CNc1ccn2cc(-c3cccc(I)c3)nc2n1. The van der Waals surface area contributed by atoms with E-state index >= 15 is 0 Å². The lowest BCUT2D eigenvalue weighted by Gasteiger charge is -1.97. The standard InChI is InChI=1S/C13H11IN4/c1-15-12-5-6-18-8-11(16-13(18)17-12)9-3-2-4-10(14)7-9/h2-8H,1H3,(H,15,16,17). The molecular formula is C13H11IN4. The summed E-state index contributed by atoms with van der Waals surface area (Å²) >= 11 is 2.30. The van der Waals surface area contributed by atoms with Crippen molar-refractivity contribution in [1.82, 2.24) is 14.4 Å². The number of fused-ring (bicyclic) bond motifs is 1. The number of halogens is 1. The first-order chi connectivity index (χ1) is 8.76. The monoisotopic (exact) mass is 350 g/mol. The zero-order valence-corrected chi connectivity index (χ0v) is 11.9. The van der Waals surface area contributed by atoms with Crippen LogP contribution in [-0.2, 0) is 0 Å². The van der Waals surface area contributed by atoms with Gasteiger partial charge in [-0.3, -0.25) is 4.40 Å². The molecule has 0 atom stereocenters. The maximum absolute atomic E-state index is 4.54. The average molecular weight is 350 g/mol. The van der Waals surface area contributed by atoms with Crippen LogP contribution in [0, 0.1) is 3.57 Å². The summed E-state index contributed by atoms with van der Waals surface area (Å²) < 4.78 is 3.13. The van der Waals surface area contributed by atoms with Crippen LogP contribution in [0.1, 0.15) is 0 Å². The number of anilines is 1. The molecule has 0 spiro atoms. The van der Waals surface area contributed by atoms with Gasteiger partial charge in [0.25, 0.3) is 0 Å². The van der Waals surface area contributed by atoms with Gasteiger partial charge in [-0.1, -0.05) is 12.1 Å². The summed E-state index contributed by atoms with van der Waals surface area (Å²) in [6.45, 7) is 0. The lowest BCUT2D eigenvalue weighted by molar-refractivity contribution is 1.11. The number of hydrogen-bond acceptors (Lipinski definition) is 3. The Bertz CT molecular complexity index is 705. The maximum Gasteiger partial charge on any atom is 0.236 e. The largest absolute Gasteiger partial charge is 0.373 e. The van der Waals surface area contributed by atoms with Gasteiger partial charge in [-0.25, -0.2) is 4.98 Å². The molecule has 0 radical (unpaired) electrons. The molecule has 90 valence electrons. The Morgan fingerprint density at radius 2 is 2.11 bits per heavy atom. The Morgan fingerprint density at radius 1 is 1.22 bits per heavy atom. The van der Waals surface area contributed by atoms with E-state index in [9.17, 15) is 0 Å². The van der Waals surface area contributed by atoms with Crippen LogP contribution in [0.5, 0.6) is 0 Å². The fourth-order valence-electron chi connectivity index (χ4n) is 1.80. The second-order valence-electron chi connectivity index (χ2n) is 3.91. The molecular weight excluding hydrogens is 339 g/mol. The molecule has 0 aliphatic rings. The molecule has 0 fully saturated rings. The normalized spacial score (nSPS) is 10.8. The second kappa shape index (κ2) is 4.56. The Kier molecular flexibility index (Phi) is 2.91. The van der Waals surface area contributed by atoms with E-state index in [2.05, 4.69) is 56.1 Å². The van der Waals surface area contributed by atoms with E-state index in [1.165, 1.54) is 3.57 Å². The highest BCUT2D eigenvalue weighted by Gasteiger charge is 2.06. The average Bonchev–Trinajstić information content (AvgIpc) is 2.81. The zero-order chi connectivity index (χ0) is 12.5. The highest BCUT2D eigenvalue weighted by atomic mass is 127. The van der Waals surface area contributed by atoms with Crippen molar-refractivity contribution in [1.29, 1.82) is 0 Å². The molecule has 1 N–H and O–H groups in total. The number of imidazole rings is 1. The summed E-state index contributed by atoms with van der Waals surface area (Å²) in [4.78, 5) is 8.94. The van der Waals surface area contributed by atoms with Crippen LogP contribution in [-0.4, -0.2) is 21.4 Å². The molecule has 3 aromatic rings. The van der Waals surface area contributed by atoms with Gasteiger partial charge in [0.05, 0.1) is 5.69 Å². The van der Waals surface area contributed by atoms with Gasteiger partial charge in [0.15, 0.2) is 0 Å². The third-order valence-corrected chi connectivity index (χ3v) is 3.37. The van der Waals surface area contributed by atoms with Gasteiger partial charge >= 0.3 is 0 Å².